The molecular formula is C26H24ClFN2O5S. The van der Waals surface area contributed by atoms with Gasteiger partial charge in [0.05, 0.1) is 17.4 Å². The Morgan fingerprint density at radius 2 is 1.72 bits per heavy atom. The zero-order valence-corrected chi connectivity index (χ0v) is 20.8. The number of aliphatic carboxylic acids is 1. The number of halogens is 2. The number of sulfonamides is 1. The Kier molecular flexibility index (Phi) is 6.74. The molecule has 2 aliphatic heterocycles. The molecule has 0 amide bonds. The van der Waals surface area contributed by atoms with Crippen molar-refractivity contribution in [1.29, 1.82) is 0 Å². The fourth-order valence-corrected chi connectivity index (χ4v) is 6.46. The van der Waals surface area contributed by atoms with Gasteiger partial charge in [-0.1, -0.05) is 23.7 Å². The molecule has 7 nitrogen and oxygen atoms in total. The van der Waals surface area contributed by atoms with Crippen molar-refractivity contribution in [3.63, 3.8) is 0 Å². The fourth-order valence-electron chi connectivity index (χ4n) is 4.85. The van der Waals surface area contributed by atoms with Crippen LogP contribution < -0.4 is 4.74 Å². The first-order chi connectivity index (χ1) is 17.2. The number of rotatable bonds is 5. The summed E-state index contributed by atoms with van der Waals surface area (Å²) in [7, 11) is -3.76. The van der Waals surface area contributed by atoms with Gasteiger partial charge in [0.1, 0.15) is 18.2 Å². The van der Waals surface area contributed by atoms with Crippen molar-refractivity contribution < 1.29 is 27.4 Å². The van der Waals surface area contributed by atoms with Crippen LogP contribution in [0.25, 0.3) is 0 Å². The Labute approximate surface area is 213 Å². The summed E-state index contributed by atoms with van der Waals surface area (Å²) in [6, 6.07) is 15.6. The standard InChI is InChI=1S/C26H24ClFN2O5S/c27-19-3-2-18-16-35-24-8-1-17(14-25(31)32)13-23(24)26(22(18)15-19)29-9-11-30(12-10-29)36(33,34)21-6-4-20(28)5-7-21/h1-8,13,15,26H,9-12,14,16H2,(H,31,32). The first-order valence-electron chi connectivity index (χ1n) is 11.5. The Morgan fingerprint density at radius 1 is 1.00 bits per heavy atom. The van der Waals surface area contributed by atoms with Crippen molar-refractivity contribution in [3.05, 3.63) is 93.8 Å². The minimum atomic E-state index is -3.76. The molecular weight excluding hydrogens is 507 g/mol. The highest BCUT2D eigenvalue weighted by molar-refractivity contribution is 7.89. The molecule has 0 bridgehead atoms. The highest BCUT2D eigenvalue weighted by Crippen LogP contribution is 2.41. The van der Waals surface area contributed by atoms with Crippen LogP contribution >= 0.6 is 11.6 Å². The lowest BCUT2D eigenvalue weighted by atomic mass is 9.91. The van der Waals surface area contributed by atoms with Crippen molar-refractivity contribution in [1.82, 2.24) is 9.21 Å². The maximum Gasteiger partial charge on any atom is 0.307 e. The molecule has 1 atom stereocenters. The molecule has 36 heavy (non-hydrogen) atoms. The molecule has 10 heteroatoms. The number of hydrogen-bond donors (Lipinski definition) is 1. The largest absolute Gasteiger partial charge is 0.489 e. The van der Waals surface area contributed by atoms with Gasteiger partial charge in [0.25, 0.3) is 0 Å². The van der Waals surface area contributed by atoms with Crippen LogP contribution in [-0.4, -0.2) is 54.9 Å². The molecule has 0 radical (unpaired) electrons. The molecule has 0 saturated carbocycles. The number of carboxylic acid groups (broad SMARTS) is 1. The van der Waals surface area contributed by atoms with Gasteiger partial charge in [-0.05, 0) is 65.2 Å². The molecule has 1 fully saturated rings. The lowest BCUT2D eigenvalue weighted by Gasteiger charge is -2.39. The second-order valence-corrected chi connectivity index (χ2v) is 11.2. The van der Waals surface area contributed by atoms with Gasteiger partial charge in [0.15, 0.2) is 0 Å². The van der Waals surface area contributed by atoms with Crippen LogP contribution in [0.4, 0.5) is 4.39 Å². The summed E-state index contributed by atoms with van der Waals surface area (Å²) in [6.45, 7) is 1.70. The zero-order valence-electron chi connectivity index (χ0n) is 19.2. The smallest absolute Gasteiger partial charge is 0.307 e. The van der Waals surface area contributed by atoms with Crippen LogP contribution in [0.3, 0.4) is 0 Å². The van der Waals surface area contributed by atoms with Crippen molar-refractivity contribution >= 4 is 27.6 Å². The molecule has 1 unspecified atom stereocenters. The topological polar surface area (TPSA) is 87.2 Å². The summed E-state index contributed by atoms with van der Waals surface area (Å²) in [5, 5.41) is 9.88. The predicted molar refractivity (Wildman–Crippen MR) is 132 cm³/mol. The normalized spacial score (nSPS) is 18.6. The van der Waals surface area contributed by atoms with Crippen molar-refractivity contribution in [2.45, 2.75) is 24.0 Å². The van der Waals surface area contributed by atoms with Gasteiger partial charge in [-0.2, -0.15) is 4.31 Å². The number of carbonyl (C=O) groups is 1. The van der Waals surface area contributed by atoms with E-state index < -0.39 is 21.8 Å². The minimum absolute atomic E-state index is 0.0565. The third-order valence-corrected chi connectivity index (χ3v) is 8.75. The molecule has 0 aromatic heterocycles. The molecule has 3 aromatic carbocycles. The molecule has 1 saturated heterocycles. The summed E-state index contributed by atoms with van der Waals surface area (Å²) in [5.74, 6) is -0.764. The monoisotopic (exact) mass is 530 g/mol. The van der Waals surface area contributed by atoms with Crippen LogP contribution in [0.15, 0.2) is 65.6 Å². The van der Waals surface area contributed by atoms with E-state index in [9.17, 15) is 22.7 Å². The number of nitrogens with zero attached hydrogens (tertiary/aromatic N) is 2. The van der Waals surface area contributed by atoms with Gasteiger partial charge in [0, 0.05) is 36.8 Å². The van der Waals surface area contributed by atoms with E-state index in [1.807, 2.05) is 18.2 Å². The predicted octanol–water partition coefficient (Wildman–Crippen LogP) is 4.09. The van der Waals surface area contributed by atoms with Crippen LogP contribution in [0.5, 0.6) is 5.75 Å². The molecule has 3 aromatic rings. The third-order valence-electron chi connectivity index (χ3n) is 6.60. The van der Waals surface area contributed by atoms with Crippen molar-refractivity contribution in [3.8, 4) is 5.75 Å². The lowest BCUT2D eigenvalue weighted by Crippen LogP contribution is -2.49. The fraction of sp³-hybridized carbons (Fsp3) is 0.269. The van der Waals surface area contributed by atoms with Gasteiger partial charge in [0.2, 0.25) is 10.0 Å². The van der Waals surface area contributed by atoms with Crippen molar-refractivity contribution in [2.24, 2.45) is 0 Å². The summed E-state index contributed by atoms with van der Waals surface area (Å²) in [5.41, 5.74) is 3.38. The third kappa shape index (κ3) is 4.84. The van der Waals surface area contributed by atoms with Gasteiger partial charge in [-0.15, -0.1) is 0 Å². The van der Waals surface area contributed by atoms with Crippen LogP contribution in [-0.2, 0) is 27.8 Å². The van der Waals surface area contributed by atoms with E-state index in [0.29, 0.717) is 36.0 Å². The summed E-state index contributed by atoms with van der Waals surface area (Å²) < 4.78 is 47.0. The van der Waals surface area contributed by atoms with Gasteiger partial charge < -0.3 is 9.84 Å². The SMILES string of the molecule is O=C(O)Cc1ccc2c(c1)C(N1CCN(S(=O)(=O)c3ccc(F)cc3)CC1)c1cc(Cl)ccc1CO2. The Hall–Kier alpha value is -2.98. The van der Waals surface area contributed by atoms with E-state index in [2.05, 4.69) is 4.90 Å². The van der Waals surface area contributed by atoms with Crippen molar-refractivity contribution in [2.75, 3.05) is 26.2 Å². The maximum atomic E-state index is 13.3. The highest BCUT2D eigenvalue weighted by Gasteiger charge is 2.35. The molecule has 1 N–H and O–H groups in total. The number of carboxylic acids is 1. The van der Waals surface area contributed by atoms with Crippen LogP contribution in [0.1, 0.15) is 28.3 Å². The van der Waals surface area contributed by atoms with Crippen LogP contribution in [0, 0.1) is 5.82 Å². The van der Waals surface area contributed by atoms with E-state index in [0.717, 1.165) is 28.8 Å². The highest BCUT2D eigenvalue weighted by atomic mass is 35.5. The molecule has 2 aliphatic rings. The van der Waals surface area contributed by atoms with E-state index >= 15 is 0 Å². The first-order valence-corrected chi connectivity index (χ1v) is 13.3. The van der Waals surface area contributed by atoms with Gasteiger partial charge in [-0.25, -0.2) is 12.8 Å². The Balaban J connectivity index is 1.48. The Bertz CT molecular complexity index is 1410. The average Bonchev–Trinajstić information content (AvgIpc) is 3.00. The maximum absolute atomic E-state index is 13.3. The number of ether oxygens (including phenoxy) is 1. The number of benzene rings is 3. The van der Waals surface area contributed by atoms with E-state index in [4.69, 9.17) is 16.3 Å². The van der Waals surface area contributed by atoms with Crippen LogP contribution in [0.2, 0.25) is 5.02 Å². The summed E-state index contributed by atoms with van der Waals surface area (Å²) >= 11 is 6.37. The molecule has 0 spiro atoms. The average molecular weight is 531 g/mol. The second kappa shape index (κ2) is 9.82. The summed E-state index contributed by atoms with van der Waals surface area (Å²) in [6.07, 6.45) is -0.119. The van der Waals surface area contributed by atoms with E-state index in [1.165, 1.54) is 16.4 Å². The Morgan fingerprint density at radius 3 is 2.42 bits per heavy atom. The quantitative estimate of drug-likeness (QED) is 0.534. The zero-order chi connectivity index (χ0) is 25.4. The first kappa shape index (κ1) is 24.7. The second-order valence-electron chi connectivity index (χ2n) is 8.87. The number of fused-ring (bicyclic) bond motifs is 2. The van der Waals surface area contributed by atoms with E-state index in [1.54, 1.807) is 18.2 Å². The summed E-state index contributed by atoms with van der Waals surface area (Å²) in [4.78, 5) is 13.6. The molecule has 0 aliphatic carbocycles. The number of piperazine rings is 1. The molecule has 188 valence electrons. The van der Waals surface area contributed by atoms with Gasteiger partial charge in [-0.3, -0.25) is 9.69 Å². The number of hydrogen-bond acceptors (Lipinski definition) is 5. The molecule has 2 heterocycles. The van der Waals surface area contributed by atoms with Gasteiger partial charge >= 0.3 is 5.97 Å². The minimum Gasteiger partial charge on any atom is -0.489 e. The lowest BCUT2D eigenvalue weighted by molar-refractivity contribution is -0.136. The molecule has 5 rings (SSSR count). The van der Waals surface area contributed by atoms with E-state index in [-0.39, 0.29) is 30.4 Å².